The van der Waals surface area contributed by atoms with Gasteiger partial charge in [0, 0.05) is 19.6 Å². The Morgan fingerprint density at radius 3 is 2.71 bits per heavy atom. The summed E-state index contributed by atoms with van der Waals surface area (Å²) in [5, 5.41) is 4.14. The largest absolute Gasteiger partial charge is 0.373 e. The molecule has 0 saturated heterocycles. The van der Waals surface area contributed by atoms with Crippen LogP contribution in [0.2, 0.25) is 5.02 Å². The molecule has 2 aliphatic rings. The Morgan fingerprint density at radius 1 is 1.33 bits per heavy atom. The van der Waals surface area contributed by atoms with Crippen LogP contribution in [0.1, 0.15) is 44.2 Å². The van der Waals surface area contributed by atoms with Gasteiger partial charge in [-0.2, -0.15) is 0 Å². The quantitative estimate of drug-likeness (QED) is 0.862. The molecule has 0 radical (unpaired) electrons. The molecule has 4 unspecified atom stereocenters. The minimum atomic E-state index is 0.340. The first-order valence-electron chi connectivity index (χ1n) is 8.26. The molecule has 3 rings (SSSR count). The van der Waals surface area contributed by atoms with Gasteiger partial charge >= 0.3 is 0 Å². The van der Waals surface area contributed by atoms with Crippen LogP contribution in [-0.4, -0.2) is 20.6 Å². The van der Waals surface area contributed by atoms with Gasteiger partial charge in [0.15, 0.2) is 0 Å². The molecule has 21 heavy (non-hydrogen) atoms. The highest BCUT2D eigenvalue weighted by atomic mass is 35.5. The Hall–Kier alpha value is -0.730. The van der Waals surface area contributed by atoms with Gasteiger partial charge in [-0.3, -0.25) is 0 Å². The van der Waals surface area contributed by atoms with E-state index in [2.05, 4.69) is 42.4 Å². The van der Waals surface area contributed by atoms with Gasteiger partial charge in [0.25, 0.3) is 0 Å². The minimum absolute atomic E-state index is 0.340. The van der Waals surface area contributed by atoms with Crippen LogP contribution < -0.4 is 10.2 Å². The summed E-state index contributed by atoms with van der Waals surface area (Å²) in [4.78, 5) is 2.36. The molecule has 2 nitrogen and oxygen atoms in total. The summed E-state index contributed by atoms with van der Waals surface area (Å²) in [6.45, 7) is 3.31. The number of hydrogen-bond acceptors (Lipinski definition) is 2. The summed E-state index contributed by atoms with van der Waals surface area (Å²) in [5.74, 6) is 2.86. The van der Waals surface area contributed by atoms with Crippen molar-refractivity contribution in [2.24, 2.45) is 17.8 Å². The van der Waals surface area contributed by atoms with E-state index in [0.717, 1.165) is 29.3 Å². The Kier molecular flexibility index (Phi) is 4.46. The van der Waals surface area contributed by atoms with Crippen LogP contribution in [-0.2, 0) is 0 Å². The molecule has 1 aromatic rings. The van der Waals surface area contributed by atoms with Crippen molar-refractivity contribution >= 4 is 17.3 Å². The van der Waals surface area contributed by atoms with Crippen LogP contribution in [0, 0.1) is 17.8 Å². The molecule has 1 N–H and O–H groups in total. The van der Waals surface area contributed by atoms with E-state index in [0.29, 0.717) is 6.04 Å². The predicted octanol–water partition coefficient (Wildman–Crippen LogP) is 4.49. The molecule has 0 aromatic heterocycles. The topological polar surface area (TPSA) is 15.3 Å². The second kappa shape index (κ2) is 6.18. The lowest BCUT2D eigenvalue weighted by atomic mass is 9.88. The van der Waals surface area contributed by atoms with E-state index < -0.39 is 0 Å². The SMILES string of the molecule is CNC(C)c1ccc(N(C)CC2CC3CCC2C3)c(Cl)c1. The Labute approximate surface area is 133 Å². The van der Waals surface area contributed by atoms with Gasteiger partial charge in [-0.1, -0.05) is 24.1 Å². The second-order valence-electron chi connectivity index (χ2n) is 7.04. The highest BCUT2D eigenvalue weighted by molar-refractivity contribution is 6.33. The average Bonchev–Trinajstić information content (AvgIpc) is 3.08. The van der Waals surface area contributed by atoms with Crippen molar-refractivity contribution < 1.29 is 0 Å². The average molecular weight is 307 g/mol. The number of benzene rings is 1. The fraction of sp³-hybridized carbons (Fsp3) is 0.667. The Bertz CT molecular complexity index is 502. The summed E-state index contributed by atoms with van der Waals surface area (Å²) in [6, 6.07) is 6.82. The van der Waals surface area contributed by atoms with Crippen molar-refractivity contribution in [2.75, 3.05) is 25.5 Å². The normalized spacial score (nSPS) is 28.9. The summed E-state index contributed by atoms with van der Waals surface area (Å²) in [7, 11) is 4.17. The van der Waals surface area contributed by atoms with Crippen molar-refractivity contribution in [3.8, 4) is 0 Å². The van der Waals surface area contributed by atoms with E-state index in [1.807, 2.05) is 7.05 Å². The van der Waals surface area contributed by atoms with Gasteiger partial charge in [-0.25, -0.2) is 0 Å². The number of rotatable bonds is 5. The zero-order chi connectivity index (χ0) is 15.0. The molecule has 2 aliphatic carbocycles. The summed E-state index contributed by atoms with van der Waals surface area (Å²) < 4.78 is 0. The van der Waals surface area contributed by atoms with Crippen LogP contribution >= 0.6 is 11.6 Å². The van der Waals surface area contributed by atoms with Crippen molar-refractivity contribution in [3.05, 3.63) is 28.8 Å². The molecule has 0 spiro atoms. The number of nitrogens with zero attached hydrogens (tertiary/aromatic N) is 1. The van der Waals surface area contributed by atoms with E-state index >= 15 is 0 Å². The molecule has 4 atom stereocenters. The lowest BCUT2D eigenvalue weighted by Gasteiger charge is -2.29. The molecular formula is C18H27ClN2. The summed E-state index contributed by atoms with van der Waals surface area (Å²) >= 11 is 6.52. The highest BCUT2D eigenvalue weighted by Gasteiger charge is 2.39. The fourth-order valence-corrected chi connectivity index (χ4v) is 4.65. The number of halogens is 1. The second-order valence-corrected chi connectivity index (χ2v) is 7.44. The van der Waals surface area contributed by atoms with Crippen LogP contribution in [0.3, 0.4) is 0 Å². The maximum atomic E-state index is 6.52. The molecular weight excluding hydrogens is 280 g/mol. The molecule has 3 heteroatoms. The molecule has 116 valence electrons. The van der Waals surface area contributed by atoms with E-state index in [-0.39, 0.29) is 0 Å². The minimum Gasteiger partial charge on any atom is -0.373 e. The van der Waals surface area contributed by atoms with Crippen LogP contribution in [0.5, 0.6) is 0 Å². The Morgan fingerprint density at radius 2 is 2.14 bits per heavy atom. The van der Waals surface area contributed by atoms with Gasteiger partial charge in [0.2, 0.25) is 0 Å². The van der Waals surface area contributed by atoms with E-state index in [1.54, 1.807) is 0 Å². The van der Waals surface area contributed by atoms with Crippen LogP contribution in [0.25, 0.3) is 0 Å². The number of fused-ring (bicyclic) bond motifs is 2. The third-order valence-corrected chi connectivity index (χ3v) is 6.01. The lowest BCUT2D eigenvalue weighted by Crippen LogP contribution is -2.28. The fourth-order valence-electron chi connectivity index (χ4n) is 4.32. The monoisotopic (exact) mass is 306 g/mol. The molecule has 2 saturated carbocycles. The molecule has 0 amide bonds. The van der Waals surface area contributed by atoms with Crippen molar-refractivity contribution in [1.29, 1.82) is 0 Å². The van der Waals surface area contributed by atoms with Gasteiger partial charge in [-0.05, 0) is 68.7 Å². The molecule has 1 aromatic carbocycles. The van der Waals surface area contributed by atoms with Crippen LogP contribution in [0.15, 0.2) is 18.2 Å². The maximum absolute atomic E-state index is 6.52. The molecule has 2 fully saturated rings. The first-order valence-corrected chi connectivity index (χ1v) is 8.64. The lowest BCUT2D eigenvalue weighted by molar-refractivity contribution is 0.337. The van der Waals surface area contributed by atoms with Gasteiger partial charge in [0.05, 0.1) is 10.7 Å². The smallest absolute Gasteiger partial charge is 0.0642 e. The van der Waals surface area contributed by atoms with Gasteiger partial charge in [0.1, 0.15) is 0 Å². The molecule has 0 heterocycles. The number of hydrogen-bond donors (Lipinski definition) is 1. The Balaban J connectivity index is 1.68. The summed E-state index contributed by atoms with van der Waals surface area (Å²) in [5.41, 5.74) is 2.42. The third-order valence-electron chi connectivity index (χ3n) is 5.71. The third kappa shape index (κ3) is 3.07. The molecule has 0 aliphatic heterocycles. The van der Waals surface area contributed by atoms with E-state index in [1.165, 1.54) is 36.9 Å². The van der Waals surface area contributed by atoms with Crippen LogP contribution in [0.4, 0.5) is 5.69 Å². The van der Waals surface area contributed by atoms with Gasteiger partial charge < -0.3 is 10.2 Å². The van der Waals surface area contributed by atoms with Crippen molar-refractivity contribution in [3.63, 3.8) is 0 Å². The van der Waals surface area contributed by atoms with E-state index in [4.69, 9.17) is 11.6 Å². The zero-order valence-electron chi connectivity index (χ0n) is 13.4. The predicted molar refractivity (Wildman–Crippen MR) is 91.1 cm³/mol. The highest BCUT2D eigenvalue weighted by Crippen LogP contribution is 2.48. The van der Waals surface area contributed by atoms with Crippen molar-refractivity contribution in [1.82, 2.24) is 5.32 Å². The summed E-state index contributed by atoms with van der Waals surface area (Å²) in [6.07, 6.45) is 5.84. The van der Waals surface area contributed by atoms with E-state index in [9.17, 15) is 0 Å². The first-order chi connectivity index (χ1) is 10.1. The number of nitrogens with one attached hydrogen (secondary N) is 1. The maximum Gasteiger partial charge on any atom is 0.0642 e. The first kappa shape index (κ1) is 15.2. The van der Waals surface area contributed by atoms with Crippen molar-refractivity contribution in [2.45, 2.75) is 38.6 Å². The number of anilines is 1. The van der Waals surface area contributed by atoms with Gasteiger partial charge in [-0.15, -0.1) is 0 Å². The zero-order valence-corrected chi connectivity index (χ0v) is 14.2. The standard InChI is InChI=1S/C18H27ClN2/c1-12(20-2)14-6-7-18(17(19)10-14)21(3)11-16-9-13-4-5-15(16)8-13/h6-7,10,12-13,15-16,20H,4-5,8-9,11H2,1-3H3. The molecule has 2 bridgehead atoms.